The van der Waals surface area contributed by atoms with E-state index >= 15 is 0 Å². The van der Waals surface area contributed by atoms with Gasteiger partial charge < -0.3 is 29.7 Å². The molecular weight excluding hydrogens is 1730 g/mol. The van der Waals surface area contributed by atoms with Gasteiger partial charge in [0.1, 0.15) is 13.5 Å². The molecule has 44 heteroatoms. The second kappa shape index (κ2) is 41.9. The highest BCUT2D eigenvalue weighted by molar-refractivity contribution is 7.93. The van der Waals surface area contributed by atoms with Crippen molar-refractivity contribution in [2.45, 2.75) is 92.9 Å². The molecular formula is C70H65Cl7F9N13O12S3. The Labute approximate surface area is 683 Å². The molecule has 0 aliphatic rings. The Balaban J connectivity index is 0.000000281. The SMILES string of the molecule is CC(C)N(C(=O)c1ncc(Cl)cc1NS(=O)(=O)c1ccc(Cl)c(C(F)(F)F)c1)c1ccccc1.CC(C)Nc1ccccc1.COCN(c1cc(Cl)cnc1C(=O)N(c1ccccc1)C(C)C)S(=O)(=O)c1ccc(Cl)c(C(F)(F)F)c1.COCN(c1cc(Cl)cnc1C(=O)O)S(=O)(=O)c1ccc(Cl)c(C(F)(F)F)c1.N=NN=NCl. The van der Waals surface area contributed by atoms with Gasteiger partial charge in [-0.05, 0) is 161 Å². The number of amides is 2. The number of benzene rings is 6. The number of ether oxygens (including phenoxy) is 2. The van der Waals surface area contributed by atoms with Gasteiger partial charge >= 0.3 is 24.5 Å². The van der Waals surface area contributed by atoms with E-state index in [4.69, 9.17) is 84.6 Å². The number of halogens is 16. The molecule has 114 heavy (non-hydrogen) atoms. The summed E-state index contributed by atoms with van der Waals surface area (Å²) in [4.78, 5) is 50.8. The Hall–Kier alpha value is -9.25. The maximum Gasteiger partial charge on any atom is 0.417 e. The van der Waals surface area contributed by atoms with Crippen LogP contribution in [0.1, 0.15) is 89.7 Å². The third kappa shape index (κ3) is 26.1. The summed E-state index contributed by atoms with van der Waals surface area (Å²) in [5.74, 6) is -2.87. The number of hydrogen-bond acceptors (Lipinski definition) is 17. The number of para-hydroxylation sites is 3. The average Bonchev–Trinajstić information content (AvgIpc) is 0.770. The van der Waals surface area contributed by atoms with Gasteiger partial charge in [-0.15, -0.1) is 0 Å². The van der Waals surface area contributed by atoms with Gasteiger partial charge in [0, 0.05) is 68.0 Å². The van der Waals surface area contributed by atoms with E-state index in [9.17, 15) is 84.3 Å². The van der Waals surface area contributed by atoms with E-state index in [0.29, 0.717) is 44.2 Å². The molecule has 0 aliphatic heterocycles. The molecule has 0 aliphatic carbocycles. The number of methoxy groups -OCH3 is 2. The number of pyridine rings is 3. The molecule has 0 unspecified atom stereocenters. The maximum atomic E-state index is 13.7. The lowest BCUT2D eigenvalue weighted by Gasteiger charge is -2.30. The molecule has 3 aromatic heterocycles. The summed E-state index contributed by atoms with van der Waals surface area (Å²) < 4.78 is 214. The van der Waals surface area contributed by atoms with Gasteiger partial charge in [-0.1, -0.05) is 129 Å². The van der Waals surface area contributed by atoms with Gasteiger partial charge in [-0.2, -0.15) is 45.0 Å². The highest BCUT2D eigenvalue weighted by Crippen LogP contribution is 2.42. The third-order valence-electron chi connectivity index (χ3n) is 14.5. The van der Waals surface area contributed by atoms with Crippen molar-refractivity contribution in [2.24, 2.45) is 15.1 Å². The van der Waals surface area contributed by atoms with E-state index in [2.05, 4.69) is 77.8 Å². The lowest BCUT2D eigenvalue weighted by Crippen LogP contribution is -2.40. The minimum atomic E-state index is -4.90. The van der Waals surface area contributed by atoms with Crippen molar-refractivity contribution in [2.75, 3.05) is 56.1 Å². The first kappa shape index (κ1) is 95.3. The number of aromatic carboxylic acids is 1. The quantitative estimate of drug-likeness (QED) is 0.0200. The molecule has 2 amide bonds. The van der Waals surface area contributed by atoms with Gasteiger partial charge in [0.15, 0.2) is 17.1 Å². The molecule has 4 N–H and O–H groups in total. The van der Waals surface area contributed by atoms with Crippen molar-refractivity contribution in [1.82, 2.24) is 15.0 Å². The van der Waals surface area contributed by atoms with Crippen molar-refractivity contribution >= 4 is 163 Å². The third-order valence-corrected chi connectivity index (χ3v) is 21.0. The number of sulfonamides is 3. The molecule has 3 heterocycles. The van der Waals surface area contributed by atoms with Crippen LogP contribution in [0, 0.1) is 5.53 Å². The van der Waals surface area contributed by atoms with Crippen molar-refractivity contribution in [3.8, 4) is 0 Å². The van der Waals surface area contributed by atoms with Crippen LogP contribution in [0.5, 0.6) is 0 Å². The monoisotopic (exact) mass is 1790 g/mol. The van der Waals surface area contributed by atoms with Crippen molar-refractivity contribution in [3.63, 3.8) is 0 Å². The average molecular weight is 1800 g/mol. The number of nitrogens with one attached hydrogen (secondary N) is 3. The van der Waals surface area contributed by atoms with Gasteiger partial charge in [-0.25, -0.2) is 53.6 Å². The number of carbonyl (C=O) groups is 3. The van der Waals surface area contributed by atoms with E-state index in [1.165, 1.54) is 41.1 Å². The van der Waals surface area contributed by atoms with E-state index in [-0.39, 0.29) is 49.9 Å². The summed E-state index contributed by atoms with van der Waals surface area (Å²) in [5.41, 5.74) is 1.83. The van der Waals surface area contributed by atoms with E-state index in [1.54, 1.807) is 88.4 Å². The predicted molar refractivity (Wildman–Crippen MR) is 416 cm³/mol. The fraction of sp³-hybridized carbons (Fsp3) is 0.229. The Bertz CT molecular complexity index is 5220. The maximum absolute atomic E-state index is 13.7. The van der Waals surface area contributed by atoms with Gasteiger partial charge in [0.25, 0.3) is 41.9 Å². The molecule has 0 atom stereocenters. The number of anilines is 6. The van der Waals surface area contributed by atoms with Gasteiger partial charge in [0.05, 0.1) is 90.4 Å². The zero-order chi connectivity index (χ0) is 85.6. The van der Waals surface area contributed by atoms with Crippen LogP contribution < -0.4 is 28.4 Å². The lowest BCUT2D eigenvalue weighted by atomic mass is 10.2. The van der Waals surface area contributed by atoms with Crippen LogP contribution in [-0.2, 0) is 58.1 Å². The zero-order valence-corrected chi connectivity index (χ0v) is 67.9. The standard InChI is InChI=1S/C24H22Cl2F3N3O4S.C22H18Cl2F3N3O3S.C15H11Cl2F3N2O5S.C9H13N.ClHN4/c1-15(2)32(17-7-5-4-6-8-17)23(33)22-21(11-16(25)13-30-22)31(14-36-3)37(34,35)18-9-10-20(26)19(12-18)24(27,28)29;1-13(2)30(15-6-4-3-5-7-15)21(31)20-19(10-14(23)12-28-20)29-34(32,33)16-8-9-18(24)17(11-16)22(25,26)27;1-27-7-22(12-4-8(16)6-21-13(12)14(23)24)28(25,26)9-2-3-11(17)10(5-9)15(18,19)20;1-8(2)10-9-6-4-3-5-7-9;1-3-5-4-2/h4-13,15H,14H2,1-3H3;3-13,29H,1-2H3;2-6H,7H2,1H3,(H,23,24);3-8,10H,1-2H3;2H. The smallest absolute Gasteiger partial charge is 0.417 e. The second-order valence-electron chi connectivity index (χ2n) is 23.6. The largest absolute Gasteiger partial charge is 0.476 e. The van der Waals surface area contributed by atoms with Crippen LogP contribution >= 0.6 is 81.4 Å². The number of alkyl halides is 9. The van der Waals surface area contributed by atoms with Crippen molar-refractivity contribution < 1.29 is 93.7 Å². The molecule has 6 aromatic carbocycles. The molecule has 0 fully saturated rings. The van der Waals surface area contributed by atoms with Crippen molar-refractivity contribution in [3.05, 3.63) is 246 Å². The molecule has 0 radical (unpaired) electrons. The number of carboxylic acids is 1. The lowest BCUT2D eigenvalue weighted by molar-refractivity contribution is -0.138. The van der Waals surface area contributed by atoms with E-state index in [0.717, 1.165) is 61.8 Å². The summed E-state index contributed by atoms with van der Waals surface area (Å²) in [5, 5.41) is 15.6. The highest BCUT2D eigenvalue weighted by Gasteiger charge is 2.40. The Morgan fingerprint density at radius 2 is 0.842 bits per heavy atom. The molecule has 0 spiro atoms. The van der Waals surface area contributed by atoms with Crippen LogP contribution in [0.4, 0.5) is 73.6 Å². The summed E-state index contributed by atoms with van der Waals surface area (Å²) in [6, 6.07) is 37.0. The van der Waals surface area contributed by atoms with Crippen LogP contribution in [0.3, 0.4) is 0 Å². The Morgan fingerprint density at radius 3 is 1.18 bits per heavy atom. The van der Waals surface area contributed by atoms with Crippen LogP contribution in [0.15, 0.2) is 212 Å². The van der Waals surface area contributed by atoms with Crippen molar-refractivity contribution in [1.29, 1.82) is 5.53 Å². The fourth-order valence-corrected chi connectivity index (χ4v) is 14.8. The summed E-state index contributed by atoms with van der Waals surface area (Å²) in [6.45, 7) is 9.94. The number of aromatic nitrogens is 3. The molecule has 0 saturated carbocycles. The molecule has 9 rings (SSSR count). The molecule has 25 nitrogen and oxygen atoms in total. The predicted octanol–water partition coefficient (Wildman–Crippen LogP) is 20.5. The topological polar surface area (TPSA) is 329 Å². The molecule has 0 saturated heterocycles. The first-order valence-electron chi connectivity index (χ1n) is 32.0. The fourth-order valence-electron chi connectivity index (χ4n) is 9.73. The number of carboxylic acid groups (broad SMARTS) is 1. The minimum Gasteiger partial charge on any atom is -0.476 e. The molecule has 612 valence electrons. The number of hydrogen-bond donors (Lipinski definition) is 4. The number of nitrogens with zero attached hydrogens (tertiary/aromatic N) is 10. The first-order chi connectivity index (χ1) is 53.2. The number of carbonyl (C=O) groups excluding carboxylic acids is 2. The summed E-state index contributed by atoms with van der Waals surface area (Å²) in [6.07, 6.45) is -11.4. The van der Waals surface area contributed by atoms with E-state index < -0.39 is 138 Å². The molecule has 9 aromatic rings. The minimum absolute atomic E-state index is 0.00857. The van der Waals surface area contributed by atoms with Crippen LogP contribution in [-0.4, -0.2) is 109 Å². The molecule has 0 bridgehead atoms. The zero-order valence-electron chi connectivity index (χ0n) is 60.1. The van der Waals surface area contributed by atoms with E-state index in [1.807, 2.05) is 18.2 Å². The normalized spacial score (nSPS) is 11.7. The summed E-state index contributed by atoms with van der Waals surface area (Å²) in [7, 11) is -11.7. The Morgan fingerprint density at radius 1 is 0.500 bits per heavy atom. The highest BCUT2D eigenvalue weighted by atomic mass is 35.5. The summed E-state index contributed by atoms with van der Waals surface area (Å²) >= 11 is 39.2. The van der Waals surface area contributed by atoms with Gasteiger partial charge in [-0.3, -0.25) is 14.3 Å². The first-order valence-corrected chi connectivity index (χ1v) is 39.0. The number of rotatable bonds is 23. The van der Waals surface area contributed by atoms with Crippen LogP contribution in [0.2, 0.25) is 30.1 Å². The van der Waals surface area contributed by atoms with Crippen LogP contribution in [0.25, 0.3) is 0 Å². The van der Waals surface area contributed by atoms with Gasteiger partial charge in [0.2, 0.25) is 0 Å². The Kier molecular flexibility index (Phi) is 35.0. The second-order valence-corrected chi connectivity index (χ2v) is 31.7.